The van der Waals surface area contributed by atoms with E-state index in [1.807, 2.05) is 0 Å². The highest BCUT2D eigenvalue weighted by atomic mass is 32.2. The van der Waals surface area contributed by atoms with Crippen LogP contribution in [0, 0.1) is 0 Å². The standard InChI is InChI=1S/C11H14FN3O5S/c12-5-11(6-20-4-9(15-11)21(17,18)19)7-1-2-14-8(3-7)10(13)16/h1-3,9,15H,4-6H2,(H2,13,16)(H,17,18,19). The zero-order chi connectivity index (χ0) is 15.7. The van der Waals surface area contributed by atoms with E-state index < -0.39 is 33.6 Å². The molecule has 1 fully saturated rings. The van der Waals surface area contributed by atoms with Crippen molar-refractivity contribution in [2.75, 3.05) is 19.9 Å². The van der Waals surface area contributed by atoms with Crippen molar-refractivity contribution < 1.29 is 26.9 Å². The third-order valence-corrected chi connectivity index (χ3v) is 4.18. The first-order valence-electron chi connectivity index (χ1n) is 5.92. The highest BCUT2D eigenvalue weighted by molar-refractivity contribution is 7.86. The van der Waals surface area contributed by atoms with Gasteiger partial charge in [-0.25, -0.2) is 4.39 Å². The van der Waals surface area contributed by atoms with E-state index >= 15 is 0 Å². The van der Waals surface area contributed by atoms with Crippen LogP contribution in [0.15, 0.2) is 18.3 Å². The molecule has 4 N–H and O–H groups in total. The Morgan fingerprint density at radius 2 is 2.38 bits per heavy atom. The highest BCUT2D eigenvalue weighted by Crippen LogP contribution is 2.27. The van der Waals surface area contributed by atoms with Gasteiger partial charge in [0.15, 0.2) is 5.37 Å². The Balaban J connectivity index is 2.41. The van der Waals surface area contributed by atoms with Crippen molar-refractivity contribution in [1.29, 1.82) is 0 Å². The maximum Gasteiger partial charge on any atom is 0.283 e. The number of halogens is 1. The van der Waals surface area contributed by atoms with Crippen molar-refractivity contribution in [3.05, 3.63) is 29.6 Å². The maximum absolute atomic E-state index is 13.6. The molecule has 0 spiro atoms. The zero-order valence-corrected chi connectivity index (χ0v) is 11.6. The molecule has 116 valence electrons. The van der Waals surface area contributed by atoms with Crippen LogP contribution in [0.5, 0.6) is 0 Å². The van der Waals surface area contributed by atoms with Gasteiger partial charge in [-0.3, -0.25) is 19.6 Å². The Morgan fingerprint density at radius 3 is 2.95 bits per heavy atom. The number of rotatable bonds is 4. The van der Waals surface area contributed by atoms with E-state index in [1.54, 1.807) is 0 Å². The molecule has 2 rings (SSSR count). The van der Waals surface area contributed by atoms with Gasteiger partial charge in [-0.2, -0.15) is 8.42 Å². The summed E-state index contributed by atoms with van der Waals surface area (Å²) >= 11 is 0. The molecular formula is C11H14FN3O5S. The second-order valence-corrected chi connectivity index (χ2v) is 6.27. The van der Waals surface area contributed by atoms with Gasteiger partial charge in [0, 0.05) is 6.20 Å². The number of amides is 1. The molecule has 0 saturated carbocycles. The van der Waals surface area contributed by atoms with E-state index in [0.29, 0.717) is 0 Å². The van der Waals surface area contributed by atoms with Crippen LogP contribution >= 0.6 is 0 Å². The van der Waals surface area contributed by atoms with Gasteiger partial charge in [0.2, 0.25) is 0 Å². The van der Waals surface area contributed by atoms with Gasteiger partial charge in [0.05, 0.1) is 18.8 Å². The summed E-state index contributed by atoms with van der Waals surface area (Å²) in [5.41, 5.74) is 3.77. The molecule has 1 amide bonds. The molecule has 2 unspecified atom stereocenters. The molecule has 10 heteroatoms. The summed E-state index contributed by atoms with van der Waals surface area (Å²) in [6, 6.07) is 2.67. The number of carbonyl (C=O) groups is 1. The molecular weight excluding hydrogens is 305 g/mol. The van der Waals surface area contributed by atoms with Gasteiger partial charge in [0.25, 0.3) is 16.0 Å². The average molecular weight is 319 g/mol. The first kappa shape index (κ1) is 15.8. The first-order valence-corrected chi connectivity index (χ1v) is 7.43. The molecule has 0 aromatic carbocycles. The summed E-state index contributed by atoms with van der Waals surface area (Å²) in [6.07, 6.45) is 1.26. The second-order valence-electron chi connectivity index (χ2n) is 4.67. The number of aromatic nitrogens is 1. The lowest BCUT2D eigenvalue weighted by Gasteiger charge is -2.39. The number of nitrogens with one attached hydrogen (secondary N) is 1. The molecule has 2 heterocycles. The number of primary amides is 1. The zero-order valence-electron chi connectivity index (χ0n) is 10.8. The SMILES string of the molecule is NC(=O)c1cc(C2(CF)COCC(S(=O)(=O)O)N2)ccn1. The van der Waals surface area contributed by atoms with Crippen LogP contribution < -0.4 is 11.1 Å². The monoisotopic (exact) mass is 319 g/mol. The van der Waals surface area contributed by atoms with Crippen molar-refractivity contribution >= 4 is 16.0 Å². The van der Waals surface area contributed by atoms with E-state index in [-0.39, 0.29) is 24.5 Å². The third kappa shape index (κ3) is 3.18. The maximum atomic E-state index is 13.6. The number of nitrogens with zero attached hydrogens (tertiary/aromatic N) is 1. The fourth-order valence-electron chi connectivity index (χ4n) is 2.08. The van der Waals surface area contributed by atoms with Gasteiger partial charge in [-0.05, 0) is 17.7 Å². The largest absolute Gasteiger partial charge is 0.376 e. The number of morpholine rings is 1. The van der Waals surface area contributed by atoms with Crippen molar-refractivity contribution in [3.63, 3.8) is 0 Å². The quantitative estimate of drug-likeness (QED) is 0.618. The molecule has 0 bridgehead atoms. The average Bonchev–Trinajstić information content (AvgIpc) is 2.46. The van der Waals surface area contributed by atoms with Crippen LogP contribution in [0.4, 0.5) is 4.39 Å². The van der Waals surface area contributed by atoms with Gasteiger partial charge in [0.1, 0.15) is 12.4 Å². The number of carbonyl (C=O) groups excluding carboxylic acids is 1. The summed E-state index contributed by atoms with van der Waals surface area (Å²) in [6.45, 7) is -1.49. The Bertz CT molecular complexity index is 653. The molecule has 0 radical (unpaired) electrons. The minimum atomic E-state index is -4.45. The van der Waals surface area contributed by atoms with E-state index in [2.05, 4.69) is 10.3 Å². The number of alkyl halides is 1. The first-order chi connectivity index (χ1) is 9.78. The topological polar surface area (TPSA) is 132 Å². The molecule has 0 aliphatic carbocycles. The molecule has 1 aliphatic rings. The molecule has 8 nitrogen and oxygen atoms in total. The Hall–Kier alpha value is -1.62. The van der Waals surface area contributed by atoms with Gasteiger partial charge in [-0.15, -0.1) is 0 Å². The van der Waals surface area contributed by atoms with Crippen LogP contribution in [0.3, 0.4) is 0 Å². The van der Waals surface area contributed by atoms with Crippen molar-refractivity contribution in [3.8, 4) is 0 Å². The summed E-state index contributed by atoms with van der Waals surface area (Å²) in [5.74, 6) is -0.797. The van der Waals surface area contributed by atoms with Gasteiger partial charge >= 0.3 is 0 Å². The lowest BCUT2D eigenvalue weighted by molar-refractivity contribution is 0.00179. The van der Waals surface area contributed by atoms with Gasteiger partial charge in [-0.1, -0.05) is 0 Å². The number of ether oxygens (including phenoxy) is 1. The fraction of sp³-hybridized carbons (Fsp3) is 0.455. The van der Waals surface area contributed by atoms with Crippen molar-refractivity contribution in [1.82, 2.24) is 10.3 Å². The van der Waals surface area contributed by atoms with Crippen LogP contribution in [0.1, 0.15) is 16.1 Å². The minimum absolute atomic E-state index is 0.0869. The number of hydrogen-bond acceptors (Lipinski definition) is 6. The summed E-state index contributed by atoms with van der Waals surface area (Å²) in [5, 5.41) is 1.06. The van der Waals surface area contributed by atoms with Crippen LogP contribution in [-0.2, 0) is 20.4 Å². The van der Waals surface area contributed by atoms with E-state index in [1.165, 1.54) is 18.3 Å². The third-order valence-electron chi connectivity index (χ3n) is 3.21. The smallest absolute Gasteiger partial charge is 0.283 e. The fourth-order valence-corrected chi connectivity index (χ4v) is 2.72. The molecule has 1 aromatic heterocycles. The van der Waals surface area contributed by atoms with Gasteiger partial charge < -0.3 is 10.5 Å². The number of nitrogens with two attached hydrogens (primary N) is 1. The summed E-state index contributed by atoms with van der Waals surface area (Å²) in [7, 11) is -4.45. The van der Waals surface area contributed by atoms with E-state index in [0.717, 1.165) is 0 Å². The molecule has 1 saturated heterocycles. The number of hydrogen-bond donors (Lipinski definition) is 3. The predicted octanol–water partition coefficient (Wildman–Crippen LogP) is -0.821. The Kier molecular flexibility index (Phi) is 4.23. The molecule has 21 heavy (non-hydrogen) atoms. The molecule has 1 aromatic rings. The Labute approximate surface area is 120 Å². The van der Waals surface area contributed by atoms with Crippen molar-refractivity contribution in [2.24, 2.45) is 5.73 Å². The lowest BCUT2D eigenvalue weighted by Crippen LogP contribution is -2.60. The van der Waals surface area contributed by atoms with E-state index in [9.17, 15) is 17.6 Å². The van der Waals surface area contributed by atoms with Crippen molar-refractivity contribution in [2.45, 2.75) is 10.9 Å². The highest BCUT2D eigenvalue weighted by Gasteiger charge is 2.42. The second kappa shape index (κ2) is 5.64. The van der Waals surface area contributed by atoms with Crippen LogP contribution in [0.25, 0.3) is 0 Å². The molecule has 2 atom stereocenters. The Morgan fingerprint density at radius 1 is 1.67 bits per heavy atom. The molecule has 1 aliphatic heterocycles. The van der Waals surface area contributed by atoms with Crippen LogP contribution in [0.2, 0.25) is 0 Å². The minimum Gasteiger partial charge on any atom is -0.376 e. The number of pyridine rings is 1. The van der Waals surface area contributed by atoms with Crippen LogP contribution in [-0.4, -0.2) is 49.1 Å². The summed E-state index contributed by atoms with van der Waals surface area (Å²) in [4.78, 5) is 14.9. The lowest BCUT2D eigenvalue weighted by atomic mass is 9.91. The predicted molar refractivity (Wildman–Crippen MR) is 69.7 cm³/mol. The summed E-state index contributed by atoms with van der Waals surface area (Å²) < 4.78 is 50.1. The normalized spacial score (nSPS) is 26.5. The van der Waals surface area contributed by atoms with E-state index in [4.69, 9.17) is 15.0 Å².